The van der Waals surface area contributed by atoms with Gasteiger partial charge < -0.3 is 5.73 Å². The number of rotatable bonds is 3. The number of benzene rings is 1. The molecule has 2 atom stereocenters. The highest BCUT2D eigenvalue weighted by Crippen LogP contribution is 2.32. The van der Waals surface area contributed by atoms with Crippen molar-refractivity contribution in [2.24, 2.45) is 17.6 Å². The monoisotopic (exact) mass is 265 g/mol. The lowest BCUT2D eigenvalue weighted by Gasteiger charge is -2.24. The first kappa shape index (κ1) is 13.9. The van der Waals surface area contributed by atoms with E-state index in [0.717, 1.165) is 23.9 Å². The first-order valence-corrected chi connectivity index (χ1v) is 7.53. The summed E-state index contributed by atoms with van der Waals surface area (Å²) in [6.07, 6.45) is 7.77. The summed E-state index contributed by atoms with van der Waals surface area (Å²) < 4.78 is 0. The summed E-state index contributed by atoms with van der Waals surface area (Å²) in [5, 5.41) is 0.926. The fraction of sp³-hybridized carbons (Fsp3) is 0.625. The van der Waals surface area contributed by atoms with E-state index in [1.807, 2.05) is 0 Å². The smallest absolute Gasteiger partial charge is 0.0440 e. The summed E-state index contributed by atoms with van der Waals surface area (Å²) in [7, 11) is 0. The first-order chi connectivity index (χ1) is 8.70. The number of hydrogen-bond donors (Lipinski definition) is 1. The summed E-state index contributed by atoms with van der Waals surface area (Å²) in [5.41, 5.74) is 8.48. The molecule has 100 valence electrons. The van der Waals surface area contributed by atoms with Gasteiger partial charge in [0, 0.05) is 5.02 Å². The van der Waals surface area contributed by atoms with E-state index in [0.29, 0.717) is 5.92 Å². The molecular weight excluding hydrogens is 242 g/mol. The molecule has 0 heterocycles. The van der Waals surface area contributed by atoms with Crippen LogP contribution in [0.25, 0.3) is 0 Å². The lowest BCUT2D eigenvalue weighted by Crippen LogP contribution is -2.24. The molecule has 2 rings (SSSR count). The molecule has 1 saturated carbocycles. The Morgan fingerprint density at radius 2 is 1.89 bits per heavy atom. The van der Waals surface area contributed by atoms with E-state index in [-0.39, 0.29) is 0 Å². The Morgan fingerprint density at radius 3 is 2.56 bits per heavy atom. The van der Waals surface area contributed by atoms with Crippen LogP contribution in [0.15, 0.2) is 18.2 Å². The quantitative estimate of drug-likeness (QED) is 0.808. The second kappa shape index (κ2) is 6.58. The van der Waals surface area contributed by atoms with Gasteiger partial charge in [-0.05, 0) is 61.8 Å². The molecule has 1 aromatic rings. The van der Waals surface area contributed by atoms with Crippen molar-refractivity contribution in [2.75, 3.05) is 6.54 Å². The van der Waals surface area contributed by atoms with Crippen molar-refractivity contribution in [3.8, 4) is 0 Å². The van der Waals surface area contributed by atoms with Gasteiger partial charge in [-0.25, -0.2) is 0 Å². The average molecular weight is 266 g/mol. The topological polar surface area (TPSA) is 26.0 Å². The first-order valence-electron chi connectivity index (χ1n) is 7.16. The molecule has 1 aromatic carbocycles. The summed E-state index contributed by atoms with van der Waals surface area (Å²) in [6.45, 7) is 2.91. The predicted octanol–water partition coefficient (Wildman–Crippen LogP) is 4.35. The van der Waals surface area contributed by atoms with Crippen LogP contribution in [0.4, 0.5) is 0 Å². The van der Waals surface area contributed by atoms with Crippen molar-refractivity contribution in [1.82, 2.24) is 0 Å². The summed E-state index contributed by atoms with van der Waals surface area (Å²) >= 11 is 6.35. The third-order valence-corrected chi connectivity index (χ3v) is 4.66. The van der Waals surface area contributed by atoms with Crippen molar-refractivity contribution in [3.05, 3.63) is 34.3 Å². The Hall–Kier alpha value is -0.530. The summed E-state index contributed by atoms with van der Waals surface area (Å²) in [6, 6.07) is 6.43. The van der Waals surface area contributed by atoms with Crippen LogP contribution in [0.1, 0.15) is 43.2 Å². The van der Waals surface area contributed by atoms with Gasteiger partial charge in [-0.3, -0.25) is 0 Å². The van der Waals surface area contributed by atoms with Gasteiger partial charge in [0.2, 0.25) is 0 Å². The van der Waals surface area contributed by atoms with Crippen LogP contribution in [0.5, 0.6) is 0 Å². The van der Waals surface area contributed by atoms with Crippen LogP contribution in [0, 0.1) is 18.8 Å². The van der Waals surface area contributed by atoms with E-state index < -0.39 is 0 Å². The normalized spacial score (nSPS) is 24.8. The molecule has 0 bridgehead atoms. The third kappa shape index (κ3) is 3.49. The molecule has 0 amide bonds. The third-order valence-electron chi connectivity index (χ3n) is 4.31. The Bertz CT molecular complexity index is 389. The SMILES string of the molecule is Cc1ccc(CC2CCCCCC2CN)c(Cl)c1. The van der Waals surface area contributed by atoms with Crippen molar-refractivity contribution in [3.63, 3.8) is 0 Å². The molecular formula is C16H24ClN. The maximum Gasteiger partial charge on any atom is 0.0440 e. The standard InChI is InChI=1S/C16H24ClN/c1-12-7-8-14(16(17)9-12)10-13-5-3-2-4-6-15(13)11-18/h7-9,13,15H,2-6,10-11,18H2,1H3. The minimum Gasteiger partial charge on any atom is -0.330 e. The van der Waals surface area contributed by atoms with Crippen molar-refractivity contribution in [1.29, 1.82) is 0 Å². The van der Waals surface area contributed by atoms with Gasteiger partial charge in [-0.1, -0.05) is 43.0 Å². The predicted molar refractivity (Wildman–Crippen MR) is 79.0 cm³/mol. The van der Waals surface area contributed by atoms with E-state index in [1.54, 1.807) is 0 Å². The lowest BCUT2D eigenvalue weighted by molar-refractivity contribution is 0.318. The maximum absolute atomic E-state index is 6.35. The molecule has 2 unspecified atom stereocenters. The summed E-state index contributed by atoms with van der Waals surface area (Å²) in [4.78, 5) is 0. The summed E-state index contributed by atoms with van der Waals surface area (Å²) in [5.74, 6) is 1.41. The fourth-order valence-corrected chi connectivity index (χ4v) is 3.45. The van der Waals surface area contributed by atoms with Crippen LogP contribution >= 0.6 is 11.6 Å². The molecule has 2 N–H and O–H groups in total. The molecule has 0 aliphatic heterocycles. The van der Waals surface area contributed by atoms with Gasteiger partial charge >= 0.3 is 0 Å². The van der Waals surface area contributed by atoms with Crippen LogP contribution in [0.2, 0.25) is 5.02 Å². The second-order valence-electron chi connectivity index (χ2n) is 5.69. The van der Waals surface area contributed by atoms with E-state index in [2.05, 4.69) is 25.1 Å². The largest absolute Gasteiger partial charge is 0.330 e. The zero-order chi connectivity index (χ0) is 13.0. The second-order valence-corrected chi connectivity index (χ2v) is 6.10. The van der Waals surface area contributed by atoms with Crippen molar-refractivity contribution < 1.29 is 0 Å². The van der Waals surface area contributed by atoms with Crippen LogP contribution in [-0.4, -0.2) is 6.54 Å². The Balaban J connectivity index is 2.10. The van der Waals surface area contributed by atoms with Gasteiger partial charge in [0.15, 0.2) is 0 Å². The molecule has 18 heavy (non-hydrogen) atoms. The van der Waals surface area contributed by atoms with Crippen LogP contribution < -0.4 is 5.73 Å². The number of halogens is 1. The van der Waals surface area contributed by atoms with Gasteiger partial charge in [-0.2, -0.15) is 0 Å². The molecule has 0 radical (unpaired) electrons. The molecule has 1 aliphatic rings. The number of aryl methyl sites for hydroxylation is 1. The van der Waals surface area contributed by atoms with Gasteiger partial charge in [0.05, 0.1) is 0 Å². The zero-order valence-electron chi connectivity index (χ0n) is 11.3. The van der Waals surface area contributed by atoms with Crippen molar-refractivity contribution in [2.45, 2.75) is 45.4 Å². The Morgan fingerprint density at radius 1 is 1.17 bits per heavy atom. The molecule has 0 spiro atoms. The molecule has 2 heteroatoms. The van der Waals surface area contributed by atoms with E-state index in [1.165, 1.54) is 43.2 Å². The minimum atomic E-state index is 0.685. The number of nitrogens with two attached hydrogens (primary N) is 1. The van der Waals surface area contributed by atoms with Crippen LogP contribution in [-0.2, 0) is 6.42 Å². The van der Waals surface area contributed by atoms with Gasteiger partial charge in [0.25, 0.3) is 0 Å². The fourth-order valence-electron chi connectivity index (χ4n) is 3.14. The average Bonchev–Trinajstić information content (AvgIpc) is 2.57. The molecule has 0 aromatic heterocycles. The van der Waals surface area contributed by atoms with Gasteiger partial charge in [-0.15, -0.1) is 0 Å². The van der Waals surface area contributed by atoms with Crippen molar-refractivity contribution >= 4 is 11.6 Å². The highest BCUT2D eigenvalue weighted by atomic mass is 35.5. The zero-order valence-corrected chi connectivity index (χ0v) is 12.0. The lowest BCUT2D eigenvalue weighted by atomic mass is 9.83. The highest BCUT2D eigenvalue weighted by Gasteiger charge is 2.23. The molecule has 1 aliphatic carbocycles. The Kier molecular flexibility index (Phi) is 5.08. The highest BCUT2D eigenvalue weighted by molar-refractivity contribution is 6.31. The molecule has 1 nitrogen and oxygen atoms in total. The molecule has 0 saturated heterocycles. The van der Waals surface area contributed by atoms with Crippen LogP contribution in [0.3, 0.4) is 0 Å². The van der Waals surface area contributed by atoms with E-state index in [9.17, 15) is 0 Å². The van der Waals surface area contributed by atoms with E-state index >= 15 is 0 Å². The minimum absolute atomic E-state index is 0.685. The number of hydrogen-bond acceptors (Lipinski definition) is 1. The maximum atomic E-state index is 6.35. The van der Waals surface area contributed by atoms with E-state index in [4.69, 9.17) is 17.3 Å². The Labute approximate surface area is 116 Å². The molecule has 1 fully saturated rings. The van der Waals surface area contributed by atoms with Gasteiger partial charge in [0.1, 0.15) is 0 Å².